The van der Waals surface area contributed by atoms with Crippen molar-refractivity contribution >= 4 is 35.3 Å². The largest absolute Gasteiger partial charge is 3.00 e. The monoisotopic (exact) mass is 558 g/mol. The Kier molecular flexibility index (Phi) is 17.2. The van der Waals surface area contributed by atoms with Crippen LogP contribution in [0.5, 0.6) is 0 Å². The van der Waals surface area contributed by atoms with Crippen molar-refractivity contribution in [3.63, 3.8) is 0 Å². The van der Waals surface area contributed by atoms with Crippen LogP contribution in [0.2, 0.25) is 0 Å². The molecule has 3 aromatic carbocycles. The number of carboxylic acid groups (broad SMARTS) is 3. The van der Waals surface area contributed by atoms with Crippen LogP contribution in [0.1, 0.15) is 106 Å². The predicted molar refractivity (Wildman–Crippen MR) is 154 cm³/mol. The summed E-state index contributed by atoms with van der Waals surface area (Å²) in [4.78, 5) is 32.2. The van der Waals surface area contributed by atoms with Crippen molar-refractivity contribution in [3.8, 4) is 0 Å². The molecular weight excluding hydrogens is 519 g/mol. The fourth-order valence-electron chi connectivity index (χ4n) is 4.72. The Labute approximate surface area is 249 Å². The zero-order valence-corrected chi connectivity index (χ0v) is 25.6. The molecule has 3 aromatic rings. The molecule has 6 nitrogen and oxygen atoms in total. The van der Waals surface area contributed by atoms with Crippen molar-refractivity contribution in [1.29, 1.82) is 0 Å². The molecule has 0 spiro atoms. The standard InChI is InChI=1S/3C11H14O2.Al/c3*1-3-8-6-5-7-10(11(12)13)9(8)4-2;/h3*5-7H,3-4H2,1-2H3,(H,12,13);/q;;;+3/p-3. The molecule has 7 heteroatoms. The van der Waals surface area contributed by atoms with E-state index in [-0.39, 0.29) is 17.4 Å². The molecule has 0 bridgehead atoms. The summed E-state index contributed by atoms with van der Waals surface area (Å²) in [5.41, 5.74) is 7.03. The van der Waals surface area contributed by atoms with Gasteiger partial charge in [0.2, 0.25) is 0 Å². The van der Waals surface area contributed by atoms with E-state index < -0.39 is 17.9 Å². The van der Waals surface area contributed by atoms with Crippen molar-refractivity contribution in [1.82, 2.24) is 0 Å². The van der Waals surface area contributed by atoms with Gasteiger partial charge in [-0.3, -0.25) is 0 Å². The van der Waals surface area contributed by atoms with Crippen LogP contribution in [-0.2, 0) is 38.5 Å². The summed E-state index contributed by atoms with van der Waals surface area (Å²) in [6.45, 7) is 11.9. The quantitative estimate of drug-likeness (QED) is 0.372. The zero-order valence-electron chi connectivity index (χ0n) is 24.5. The molecule has 0 heterocycles. The summed E-state index contributed by atoms with van der Waals surface area (Å²) < 4.78 is 0. The molecule has 0 aromatic heterocycles. The average Bonchev–Trinajstić information content (AvgIpc) is 2.95. The Hall–Kier alpha value is -3.40. The van der Waals surface area contributed by atoms with Gasteiger partial charge in [-0.2, -0.15) is 0 Å². The normalized spacial score (nSPS) is 9.75. The summed E-state index contributed by atoms with van der Waals surface area (Å²) >= 11 is 0. The zero-order chi connectivity index (χ0) is 29.5. The SMILES string of the molecule is CCc1cccc(C(=O)[O-])c1CC.CCc1cccc(C(=O)[O-])c1CC.CCc1cccc(C(=O)[O-])c1CC.[Al+3]. The number of benzene rings is 3. The molecule has 0 fully saturated rings. The first-order chi connectivity index (χ1) is 18.6. The minimum atomic E-state index is -1.08. The van der Waals surface area contributed by atoms with Crippen LogP contribution in [0.15, 0.2) is 54.6 Å². The van der Waals surface area contributed by atoms with Gasteiger partial charge in [-0.1, -0.05) is 96.1 Å². The van der Waals surface area contributed by atoms with Gasteiger partial charge in [0.05, 0.1) is 17.9 Å². The van der Waals surface area contributed by atoms with Gasteiger partial charge >= 0.3 is 17.4 Å². The van der Waals surface area contributed by atoms with Gasteiger partial charge in [-0.15, -0.1) is 0 Å². The Morgan fingerprint density at radius 1 is 0.450 bits per heavy atom. The number of carbonyl (C=O) groups excluding carboxylic acids is 3. The van der Waals surface area contributed by atoms with Crippen molar-refractivity contribution in [2.75, 3.05) is 0 Å². The Balaban J connectivity index is 0.000000563. The van der Waals surface area contributed by atoms with Gasteiger partial charge in [-0.05, 0) is 71.9 Å². The van der Waals surface area contributed by atoms with Crippen LogP contribution in [0.25, 0.3) is 0 Å². The van der Waals surface area contributed by atoms with E-state index >= 15 is 0 Å². The molecule has 0 saturated heterocycles. The minimum Gasteiger partial charge on any atom is -0.545 e. The summed E-state index contributed by atoms with van der Waals surface area (Å²) in [6, 6.07) is 16.0. The first-order valence-corrected chi connectivity index (χ1v) is 13.6. The van der Waals surface area contributed by atoms with E-state index in [1.807, 2.05) is 59.7 Å². The minimum absolute atomic E-state index is 0. The van der Waals surface area contributed by atoms with Crippen molar-refractivity contribution < 1.29 is 29.7 Å². The fraction of sp³-hybridized carbons (Fsp3) is 0.364. The molecule has 0 N–H and O–H groups in total. The summed E-state index contributed by atoms with van der Waals surface area (Å²) in [5, 5.41) is 32.2. The third-order valence-electron chi connectivity index (χ3n) is 6.68. The number of hydrogen-bond acceptors (Lipinski definition) is 6. The van der Waals surface area contributed by atoms with Crippen LogP contribution >= 0.6 is 0 Å². The summed E-state index contributed by atoms with van der Waals surface area (Å²) in [6.07, 6.45) is 4.83. The first-order valence-electron chi connectivity index (χ1n) is 13.6. The number of rotatable bonds is 9. The maximum Gasteiger partial charge on any atom is 3.00 e. The van der Waals surface area contributed by atoms with E-state index in [0.29, 0.717) is 16.7 Å². The number of carbonyl (C=O) groups is 3. The first kappa shape index (κ1) is 36.6. The van der Waals surface area contributed by atoms with E-state index in [4.69, 9.17) is 0 Å². The van der Waals surface area contributed by atoms with Crippen molar-refractivity contribution in [3.05, 3.63) is 105 Å². The second kappa shape index (κ2) is 18.8. The number of hydrogen-bond donors (Lipinski definition) is 0. The predicted octanol–water partition coefficient (Wildman–Crippen LogP) is 3.14. The van der Waals surface area contributed by atoms with E-state index in [1.165, 1.54) is 0 Å². The molecule has 0 aliphatic heterocycles. The van der Waals surface area contributed by atoms with Crippen LogP contribution in [0, 0.1) is 0 Å². The van der Waals surface area contributed by atoms with Crippen LogP contribution in [0.3, 0.4) is 0 Å². The second-order valence-corrected chi connectivity index (χ2v) is 8.81. The molecule has 0 radical (unpaired) electrons. The summed E-state index contributed by atoms with van der Waals surface area (Å²) in [7, 11) is 0. The van der Waals surface area contributed by atoms with Gasteiger partial charge < -0.3 is 29.7 Å². The molecule has 0 aliphatic rings. The molecule has 0 saturated carbocycles. The van der Waals surface area contributed by atoms with Gasteiger partial charge in [0.1, 0.15) is 0 Å². The van der Waals surface area contributed by atoms with Crippen molar-refractivity contribution in [2.24, 2.45) is 0 Å². The molecule has 0 aliphatic carbocycles. The third-order valence-corrected chi connectivity index (χ3v) is 6.68. The Morgan fingerprint density at radius 3 is 0.825 bits per heavy atom. The van der Waals surface area contributed by atoms with E-state index in [0.717, 1.165) is 71.9 Å². The molecule has 210 valence electrons. The third kappa shape index (κ3) is 9.97. The Morgan fingerprint density at radius 2 is 0.675 bits per heavy atom. The molecule has 3 rings (SSSR count). The number of carboxylic acids is 3. The smallest absolute Gasteiger partial charge is 0.545 e. The average molecular weight is 559 g/mol. The number of aromatic carboxylic acids is 3. The topological polar surface area (TPSA) is 120 Å². The van der Waals surface area contributed by atoms with Crippen molar-refractivity contribution in [2.45, 2.75) is 80.1 Å². The van der Waals surface area contributed by atoms with E-state index in [9.17, 15) is 29.7 Å². The van der Waals surface area contributed by atoms with Crippen LogP contribution < -0.4 is 15.3 Å². The van der Waals surface area contributed by atoms with Crippen LogP contribution in [0.4, 0.5) is 0 Å². The van der Waals surface area contributed by atoms with Gasteiger partial charge in [-0.25, -0.2) is 0 Å². The van der Waals surface area contributed by atoms with Gasteiger partial charge in [0, 0.05) is 16.7 Å². The van der Waals surface area contributed by atoms with E-state index in [1.54, 1.807) is 36.4 Å². The number of aryl methyl sites for hydroxylation is 3. The molecular formula is C33H39AlO6. The Bertz CT molecular complexity index is 1110. The van der Waals surface area contributed by atoms with Crippen LogP contribution in [-0.4, -0.2) is 35.3 Å². The van der Waals surface area contributed by atoms with E-state index in [2.05, 4.69) is 0 Å². The molecule has 40 heavy (non-hydrogen) atoms. The van der Waals surface area contributed by atoms with Gasteiger partial charge in [0.15, 0.2) is 0 Å². The molecule has 0 unspecified atom stereocenters. The molecule has 0 atom stereocenters. The van der Waals surface area contributed by atoms with Gasteiger partial charge in [0.25, 0.3) is 0 Å². The molecule has 0 amide bonds. The fourth-order valence-corrected chi connectivity index (χ4v) is 4.72. The maximum absolute atomic E-state index is 10.7. The summed E-state index contributed by atoms with van der Waals surface area (Å²) in [5.74, 6) is -3.23. The maximum atomic E-state index is 10.7. The second-order valence-electron chi connectivity index (χ2n) is 8.81.